The number of benzene rings is 2. The molecule has 0 saturated carbocycles. The van der Waals surface area contributed by atoms with E-state index >= 15 is 0 Å². The number of ether oxygens (including phenoxy) is 1. The van der Waals surface area contributed by atoms with Crippen molar-refractivity contribution in [2.45, 2.75) is 44.9 Å². The molecule has 1 aliphatic rings. The monoisotopic (exact) mass is 326 g/mol. The van der Waals surface area contributed by atoms with Crippen LogP contribution in [0.25, 0.3) is 0 Å². The molecule has 2 aromatic carbocycles. The van der Waals surface area contributed by atoms with Crippen molar-refractivity contribution in [3.05, 3.63) is 59.7 Å². The van der Waals surface area contributed by atoms with Gasteiger partial charge >= 0.3 is 0 Å². The maximum atomic E-state index is 6.74. The summed E-state index contributed by atoms with van der Waals surface area (Å²) < 4.78 is 12.0. The van der Waals surface area contributed by atoms with Crippen molar-refractivity contribution >= 4 is 13.5 Å². The number of hydrogen-bond acceptors (Lipinski definition) is 2. The molecular formula is C20H26O2Si. The summed E-state index contributed by atoms with van der Waals surface area (Å²) in [7, 11) is -0.294. The first kappa shape index (κ1) is 16.3. The summed E-state index contributed by atoms with van der Waals surface area (Å²) in [6.07, 6.45) is 1.16. The van der Waals surface area contributed by atoms with Crippen molar-refractivity contribution in [2.75, 3.05) is 7.11 Å². The zero-order chi connectivity index (χ0) is 16.5. The minimum Gasteiger partial charge on any atom is -0.497 e. The molecule has 0 aromatic heterocycles. The van der Waals surface area contributed by atoms with Crippen LogP contribution in [-0.4, -0.2) is 15.4 Å². The Labute approximate surface area is 140 Å². The van der Waals surface area contributed by atoms with E-state index in [1.54, 1.807) is 7.11 Å². The van der Waals surface area contributed by atoms with Crippen LogP contribution in [0.15, 0.2) is 48.5 Å². The van der Waals surface area contributed by atoms with E-state index in [0.29, 0.717) is 6.61 Å². The SMILES string of the molecule is COc1ccc(CO[Si@@]2(C(C)(C)C)CCc3ccccc32)cc1. The summed E-state index contributed by atoms with van der Waals surface area (Å²) in [4.78, 5) is 0. The van der Waals surface area contributed by atoms with Gasteiger partial charge in [0, 0.05) is 0 Å². The largest absolute Gasteiger partial charge is 0.497 e. The van der Waals surface area contributed by atoms with Crippen LogP contribution in [0.1, 0.15) is 31.9 Å². The molecule has 0 spiro atoms. The fourth-order valence-corrected chi connectivity index (χ4v) is 8.34. The van der Waals surface area contributed by atoms with Crippen LogP contribution in [0, 0.1) is 0 Å². The second kappa shape index (κ2) is 6.14. The first-order valence-electron chi connectivity index (χ1n) is 8.31. The summed E-state index contributed by atoms with van der Waals surface area (Å²) in [5.74, 6) is 0.891. The summed E-state index contributed by atoms with van der Waals surface area (Å²) in [6, 6.07) is 18.3. The second-order valence-electron chi connectivity index (χ2n) is 7.37. The number of hydrogen-bond donors (Lipinski definition) is 0. The van der Waals surface area contributed by atoms with Crippen LogP contribution >= 0.6 is 0 Å². The Kier molecular flexibility index (Phi) is 4.34. The molecule has 0 fully saturated rings. The van der Waals surface area contributed by atoms with Crippen molar-refractivity contribution in [3.63, 3.8) is 0 Å². The van der Waals surface area contributed by atoms with Gasteiger partial charge in [-0.25, -0.2) is 0 Å². The van der Waals surface area contributed by atoms with Crippen molar-refractivity contribution in [1.82, 2.24) is 0 Å². The van der Waals surface area contributed by atoms with Crippen LogP contribution in [0.2, 0.25) is 11.1 Å². The molecule has 0 unspecified atom stereocenters. The molecule has 1 aliphatic heterocycles. The zero-order valence-corrected chi connectivity index (χ0v) is 15.6. The summed E-state index contributed by atoms with van der Waals surface area (Å²) in [6.45, 7) is 7.71. The van der Waals surface area contributed by atoms with E-state index in [1.807, 2.05) is 12.1 Å². The highest BCUT2D eigenvalue weighted by Gasteiger charge is 2.51. The van der Waals surface area contributed by atoms with Gasteiger partial charge in [0.15, 0.2) is 0 Å². The molecule has 122 valence electrons. The van der Waals surface area contributed by atoms with Gasteiger partial charge in [-0.1, -0.05) is 57.2 Å². The van der Waals surface area contributed by atoms with Crippen LogP contribution in [0.3, 0.4) is 0 Å². The van der Waals surface area contributed by atoms with Crippen LogP contribution < -0.4 is 9.92 Å². The zero-order valence-electron chi connectivity index (χ0n) is 14.6. The number of fused-ring (bicyclic) bond motifs is 1. The van der Waals surface area contributed by atoms with Gasteiger partial charge in [0.1, 0.15) is 5.75 Å². The molecule has 1 heterocycles. The van der Waals surface area contributed by atoms with Gasteiger partial charge in [0.05, 0.1) is 13.7 Å². The van der Waals surface area contributed by atoms with E-state index in [1.165, 1.54) is 22.4 Å². The number of aryl methyl sites for hydroxylation is 1. The normalized spacial score (nSPS) is 20.3. The molecule has 23 heavy (non-hydrogen) atoms. The van der Waals surface area contributed by atoms with Gasteiger partial charge in [-0.2, -0.15) is 0 Å². The third-order valence-corrected chi connectivity index (χ3v) is 10.4. The van der Waals surface area contributed by atoms with E-state index in [9.17, 15) is 0 Å². The molecular weight excluding hydrogens is 300 g/mol. The van der Waals surface area contributed by atoms with Crippen molar-refractivity contribution in [2.24, 2.45) is 0 Å². The Morgan fingerprint density at radius 1 is 1.00 bits per heavy atom. The highest BCUT2D eigenvalue weighted by atomic mass is 28.4. The van der Waals surface area contributed by atoms with Gasteiger partial charge < -0.3 is 9.16 Å². The molecule has 1 atom stereocenters. The first-order chi connectivity index (χ1) is 11.0. The molecule has 3 rings (SSSR count). The van der Waals surface area contributed by atoms with Crippen molar-refractivity contribution in [1.29, 1.82) is 0 Å². The second-order valence-corrected chi connectivity index (χ2v) is 11.9. The molecule has 2 aromatic rings. The lowest BCUT2D eigenvalue weighted by Crippen LogP contribution is -2.55. The van der Waals surface area contributed by atoms with Crippen LogP contribution in [-0.2, 0) is 17.5 Å². The van der Waals surface area contributed by atoms with Crippen molar-refractivity contribution < 1.29 is 9.16 Å². The summed E-state index contributed by atoms with van der Waals surface area (Å²) in [5, 5.41) is 1.69. The molecule has 0 N–H and O–H groups in total. The maximum Gasteiger partial charge on any atom is 0.230 e. The quantitative estimate of drug-likeness (QED) is 0.774. The van der Waals surface area contributed by atoms with E-state index in [0.717, 1.165) is 12.2 Å². The topological polar surface area (TPSA) is 18.5 Å². The van der Waals surface area contributed by atoms with Gasteiger partial charge in [0.25, 0.3) is 0 Å². The summed E-state index contributed by atoms with van der Waals surface area (Å²) >= 11 is 0. The highest BCUT2D eigenvalue weighted by Crippen LogP contribution is 2.44. The first-order valence-corrected chi connectivity index (χ1v) is 10.4. The Hall–Kier alpha value is -1.58. The van der Waals surface area contributed by atoms with Gasteiger partial charge in [0.2, 0.25) is 8.32 Å². The predicted octanol–water partition coefficient (Wildman–Crippen LogP) is 4.42. The Bertz CT molecular complexity index is 673. The van der Waals surface area contributed by atoms with E-state index in [4.69, 9.17) is 9.16 Å². The minimum absolute atomic E-state index is 0.187. The molecule has 0 saturated heterocycles. The van der Waals surface area contributed by atoms with E-state index in [-0.39, 0.29) is 5.04 Å². The molecule has 0 bridgehead atoms. The maximum absolute atomic E-state index is 6.74. The Morgan fingerprint density at radius 3 is 2.35 bits per heavy atom. The molecule has 0 radical (unpaired) electrons. The average molecular weight is 327 g/mol. The fourth-order valence-electron chi connectivity index (χ4n) is 3.65. The lowest BCUT2D eigenvalue weighted by Gasteiger charge is -2.40. The van der Waals surface area contributed by atoms with Crippen LogP contribution in [0.4, 0.5) is 0 Å². The van der Waals surface area contributed by atoms with Crippen LogP contribution in [0.5, 0.6) is 5.75 Å². The predicted molar refractivity (Wildman–Crippen MR) is 97.8 cm³/mol. The highest BCUT2D eigenvalue weighted by molar-refractivity contribution is 6.90. The third-order valence-electron chi connectivity index (χ3n) is 5.05. The average Bonchev–Trinajstić information content (AvgIpc) is 2.93. The number of methoxy groups -OCH3 is 1. The smallest absolute Gasteiger partial charge is 0.230 e. The minimum atomic E-state index is -1.99. The van der Waals surface area contributed by atoms with Gasteiger partial charge in [-0.15, -0.1) is 0 Å². The lowest BCUT2D eigenvalue weighted by molar-refractivity contribution is 0.278. The third kappa shape index (κ3) is 2.95. The Balaban J connectivity index is 1.87. The fraction of sp³-hybridized carbons (Fsp3) is 0.400. The molecule has 0 aliphatic carbocycles. The lowest BCUT2D eigenvalue weighted by atomic mass is 10.2. The van der Waals surface area contributed by atoms with Gasteiger partial charge in [-0.05, 0) is 45.9 Å². The molecule has 0 amide bonds. The number of rotatable bonds is 4. The standard InChI is InChI=1S/C20H26O2Si/c1-20(2,3)23(14-13-17-7-5-6-8-19(17)23)22-15-16-9-11-18(21-4)12-10-16/h5-12H,13-15H2,1-4H3/t23-/m0/s1. The molecule has 3 heteroatoms. The molecule has 2 nitrogen and oxygen atoms in total. The van der Waals surface area contributed by atoms with E-state index in [2.05, 4.69) is 57.2 Å². The Morgan fingerprint density at radius 2 is 1.70 bits per heavy atom. The van der Waals surface area contributed by atoms with Crippen molar-refractivity contribution in [3.8, 4) is 5.75 Å². The van der Waals surface area contributed by atoms with Gasteiger partial charge in [-0.3, -0.25) is 0 Å². The summed E-state index contributed by atoms with van der Waals surface area (Å²) in [5.41, 5.74) is 2.70. The van der Waals surface area contributed by atoms with E-state index < -0.39 is 8.32 Å².